The number of likely N-dealkylation sites (N-methyl/N-ethyl adjacent to an activating group) is 1. The Labute approximate surface area is 120 Å². The molecule has 0 atom stereocenters. The summed E-state index contributed by atoms with van der Waals surface area (Å²) in [5, 5.41) is 18.7. The molecule has 0 aliphatic carbocycles. The summed E-state index contributed by atoms with van der Waals surface area (Å²) in [6.07, 6.45) is 1.45. The number of aromatic nitrogens is 2. The Morgan fingerprint density at radius 3 is 2.50 bits per heavy atom. The molecule has 0 amide bonds. The zero-order chi connectivity index (χ0) is 15.5. The van der Waals surface area contributed by atoms with Gasteiger partial charge in [-0.15, -0.1) is 0 Å². The standard InChI is InChI=1S/C13H25N5O2/c1-7-8-10-11(18(19)20)12(17(6)15-10)14-9-13(2,3)16(4)5/h14H,7-9H2,1-6H3. The first-order valence-corrected chi connectivity index (χ1v) is 6.82. The normalized spacial score (nSPS) is 11.9. The molecule has 0 aliphatic rings. The largest absolute Gasteiger partial charge is 0.363 e. The summed E-state index contributed by atoms with van der Waals surface area (Å²) >= 11 is 0. The molecule has 0 unspecified atom stereocenters. The van der Waals surface area contributed by atoms with Crippen LogP contribution in [-0.4, -0.2) is 45.8 Å². The van der Waals surface area contributed by atoms with Gasteiger partial charge in [-0.25, -0.2) is 4.68 Å². The fraction of sp³-hybridized carbons (Fsp3) is 0.769. The highest BCUT2D eigenvalue weighted by molar-refractivity contribution is 5.60. The van der Waals surface area contributed by atoms with Crippen molar-refractivity contribution in [2.75, 3.05) is 26.0 Å². The maximum atomic E-state index is 11.3. The molecule has 0 radical (unpaired) electrons. The van der Waals surface area contributed by atoms with Crippen molar-refractivity contribution in [3.63, 3.8) is 0 Å². The lowest BCUT2D eigenvalue weighted by molar-refractivity contribution is -0.384. The Morgan fingerprint density at radius 2 is 2.05 bits per heavy atom. The molecule has 0 saturated carbocycles. The van der Waals surface area contributed by atoms with E-state index in [0.717, 1.165) is 6.42 Å². The van der Waals surface area contributed by atoms with Crippen LogP contribution in [-0.2, 0) is 13.5 Å². The van der Waals surface area contributed by atoms with Crippen molar-refractivity contribution in [1.29, 1.82) is 0 Å². The third kappa shape index (κ3) is 3.47. The van der Waals surface area contributed by atoms with E-state index in [2.05, 4.69) is 29.2 Å². The number of nitrogens with one attached hydrogen (secondary N) is 1. The van der Waals surface area contributed by atoms with E-state index in [1.54, 1.807) is 11.7 Å². The molecule has 7 heteroatoms. The second-order valence-corrected chi connectivity index (χ2v) is 5.84. The Bertz CT molecular complexity index is 479. The van der Waals surface area contributed by atoms with Gasteiger partial charge in [0, 0.05) is 19.1 Å². The number of aryl methyl sites for hydroxylation is 2. The first-order chi connectivity index (χ1) is 9.20. The average Bonchev–Trinajstić information content (AvgIpc) is 2.63. The van der Waals surface area contributed by atoms with E-state index in [9.17, 15) is 10.1 Å². The molecule has 1 rings (SSSR count). The third-order valence-electron chi connectivity index (χ3n) is 3.66. The first-order valence-electron chi connectivity index (χ1n) is 6.82. The summed E-state index contributed by atoms with van der Waals surface area (Å²) in [6, 6.07) is 0. The van der Waals surface area contributed by atoms with Gasteiger partial charge in [-0.05, 0) is 34.4 Å². The summed E-state index contributed by atoms with van der Waals surface area (Å²) in [7, 11) is 5.71. The molecular weight excluding hydrogens is 258 g/mol. The SMILES string of the molecule is CCCc1nn(C)c(NCC(C)(C)N(C)C)c1[N+](=O)[O-]. The molecular formula is C13H25N5O2. The number of nitrogens with zero attached hydrogens (tertiary/aromatic N) is 4. The second-order valence-electron chi connectivity index (χ2n) is 5.84. The topological polar surface area (TPSA) is 76.2 Å². The number of hydrogen-bond donors (Lipinski definition) is 1. The number of hydrogen-bond acceptors (Lipinski definition) is 5. The van der Waals surface area contributed by atoms with Crippen LogP contribution in [0.3, 0.4) is 0 Å². The van der Waals surface area contributed by atoms with Crippen molar-refractivity contribution >= 4 is 11.5 Å². The third-order valence-corrected chi connectivity index (χ3v) is 3.66. The lowest BCUT2D eigenvalue weighted by Gasteiger charge is -2.32. The fourth-order valence-electron chi connectivity index (χ4n) is 1.82. The summed E-state index contributed by atoms with van der Waals surface area (Å²) in [6.45, 7) is 6.75. The van der Waals surface area contributed by atoms with Crippen LogP contribution >= 0.6 is 0 Å². The van der Waals surface area contributed by atoms with E-state index in [1.165, 1.54) is 0 Å². The van der Waals surface area contributed by atoms with Crippen molar-refractivity contribution in [1.82, 2.24) is 14.7 Å². The first kappa shape index (κ1) is 16.4. The van der Waals surface area contributed by atoms with Gasteiger partial charge in [-0.2, -0.15) is 5.10 Å². The van der Waals surface area contributed by atoms with E-state index in [1.807, 2.05) is 21.0 Å². The summed E-state index contributed by atoms with van der Waals surface area (Å²) in [5.74, 6) is 0.480. The molecule has 1 aromatic heterocycles. The Kier molecular flexibility index (Phi) is 5.10. The summed E-state index contributed by atoms with van der Waals surface area (Å²) in [5.41, 5.74) is 0.539. The van der Waals surface area contributed by atoms with Gasteiger partial charge in [-0.3, -0.25) is 10.1 Å². The van der Waals surface area contributed by atoms with Crippen molar-refractivity contribution in [3.05, 3.63) is 15.8 Å². The Morgan fingerprint density at radius 1 is 1.45 bits per heavy atom. The molecule has 114 valence electrons. The maximum absolute atomic E-state index is 11.3. The molecule has 20 heavy (non-hydrogen) atoms. The van der Waals surface area contributed by atoms with Crippen LogP contribution in [0.15, 0.2) is 0 Å². The molecule has 0 bridgehead atoms. The van der Waals surface area contributed by atoms with Gasteiger partial charge in [0.05, 0.1) is 4.92 Å². The van der Waals surface area contributed by atoms with Gasteiger partial charge in [0.2, 0.25) is 5.82 Å². The van der Waals surface area contributed by atoms with E-state index in [0.29, 0.717) is 24.5 Å². The van der Waals surface area contributed by atoms with E-state index < -0.39 is 0 Å². The highest BCUT2D eigenvalue weighted by atomic mass is 16.6. The van der Waals surface area contributed by atoms with Gasteiger partial charge in [0.15, 0.2) is 0 Å². The molecule has 1 N–H and O–H groups in total. The Balaban J connectivity index is 3.03. The number of rotatable bonds is 7. The summed E-state index contributed by atoms with van der Waals surface area (Å²) < 4.78 is 1.56. The Hall–Kier alpha value is -1.63. The molecule has 1 heterocycles. The zero-order valence-corrected chi connectivity index (χ0v) is 13.2. The molecule has 1 aromatic rings. The summed E-state index contributed by atoms with van der Waals surface area (Å²) in [4.78, 5) is 13.0. The lowest BCUT2D eigenvalue weighted by Crippen LogP contribution is -2.44. The highest BCUT2D eigenvalue weighted by Gasteiger charge is 2.28. The molecule has 0 aromatic carbocycles. The minimum absolute atomic E-state index is 0.101. The van der Waals surface area contributed by atoms with E-state index in [-0.39, 0.29) is 16.1 Å². The molecule has 0 spiro atoms. The van der Waals surface area contributed by atoms with Crippen molar-refractivity contribution in [2.45, 2.75) is 39.2 Å². The zero-order valence-electron chi connectivity index (χ0n) is 13.2. The minimum atomic E-state index is -0.344. The van der Waals surface area contributed by atoms with Gasteiger partial charge in [0.1, 0.15) is 5.69 Å². The predicted molar refractivity (Wildman–Crippen MR) is 80.1 cm³/mol. The molecule has 0 fully saturated rings. The second kappa shape index (κ2) is 6.21. The lowest BCUT2D eigenvalue weighted by atomic mass is 10.0. The van der Waals surface area contributed by atoms with Crippen LogP contribution < -0.4 is 5.32 Å². The molecule has 0 aliphatic heterocycles. The van der Waals surface area contributed by atoms with Crippen molar-refractivity contribution < 1.29 is 4.92 Å². The predicted octanol–water partition coefficient (Wildman–Crippen LogP) is 2.03. The van der Waals surface area contributed by atoms with E-state index in [4.69, 9.17) is 0 Å². The van der Waals surface area contributed by atoms with Gasteiger partial charge < -0.3 is 10.2 Å². The van der Waals surface area contributed by atoms with E-state index >= 15 is 0 Å². The quantitative estimate of drug-likeness (QED) is 0.612. The van der Waals surface area contributed by atoms with Crippen LogP contribution in [0.1, 0.15) is 32.9 Å². The van der Waals surface area contributed by atoms with Crippen molar-refractivity contribution in [3.8, 4) is 0 Å². The number of nitro groups is 1. The molecule has 0 saturated heterocycles. The van der Waals surface area contributed by atoms with Gasteiger partial charge in [-0.1, -0.05) is 13.3 Å². The van der Waals surface area contributed by atoms with Crippen molar-refractivity contribution in [2.24, 2.45) is 7.05 Å². The van der Waals surface area contributed by atoms with Crippen LogP contribution in [0.25, 0.3) is 0 Å². The fourth-order valence-corrected chi connectivity index (χ4v) is 1.82. The van der Waals surface area contributed by atoms with Gasteiger partial charge in [0.25, 0.3) is 0 Å². The van der Waals surface area contributed by atoms with Gasteiger partial charge >= 0.3 is 5.69 Å². The monoisotopic (exact) mass is 283 g/mol. The van der Waals surface area contributed by atoms with Crippen LogP contribution in [0.5, 0.6) is 0 Å². The smallest absolute Gasteiger partial charge is 0.333 e. The maximum Gasteiger partial charge on any atom is 0.333 e. The van der Waals surface area contributed by atoms with Crippen LogP contribution in [0.2, 0.25) is 0 Å². The number of anilines is 1. The highest BCUT2D eigenvalue weighted by Crippen LogP contribution is 2.29. The molecule has 7 nitrogen and oxygen atoms in total. The van der Waals surface area contributed by atoms with Crippen LogP contribution in [0, 0.1) is 10.1 Å². The minimum Gasteiger partial charge on any atom is -0.363 e. The van der Waals surface area contributed by atoms with Crippen LogP contribution in [0.4, 0.5) is 11.5 Å². The average molecular weight is 283 g/mol.